The molecule has 4 heteroatoms. The summed E-state index contributed by atoms with van der Waals surface area (Å²) in [5.41, 5.74) is 1.06. The number of nitrogens with one attached hydrogen (secondary N) is 1. The van der Waals surface area contributed by atoms with Gasteiger partial charge in [0.1, 0.15) is 0 Å². The van der Waals surface area contributed by atoms with Crippen molar-refractivity contribution in [1.82, 2.24) is 5.32 Å². The van der Waals surface area contributed by atoms with E-state index < -0.39 is 0 Å². The van der Waals surface area contributed by atoms with Gasteiger partial charge in [0.05, 0.1) is 16.7 Å². The van der Waals surface area contributed by atoms with E-state index in [1.54, 1.807) is 6.07 Å². The lowest BCUT2D eigenvalue weighted by Gasteiger charge is -2.20. The van der Waals surface area contributed by atoms with Gasteiger partial charge < -0.3 is 10.4 Å². The Labute approximate surface area is 107 Å². The largest absolute Gasteiger partial charge is 0.395 e. The van der Waals surface area contributed by atoms with Gasteiger partial charge in [0.15, 0.2) is 0 Å². The highest BCUT2D eigenvalue weighted by molar-refractivity contribution is 6.42. The lowest BCUT2D eigenvalue weighted by Crippen LogP contribution is -2.36. The summed E-state index contributed by atoms with van der Waals surface area (Å²) >= 11 is 11.7. The minimum Gasteiger partial charge on any atom is -0.395 e. The van der Waals surface area contributed by atoms with Crippen LogP contribution in [-0.4, -0.2) is 17.8 Å². The zero-order valence-electron chi connectivity index (χ0n) is 9.50. The van der Waals surface area contributed by atoms with E-state index in [-0.39, 0.29) is 12.6 Å². The van der Waals surface area contributed by atoms with Crippen molar-refractivity contribution >= 4 is 23.2 Å². The molecular formula is C12H17Cl2NO. The lowest BCUT2D eigenvalue weighted by molar-refractivity contribution is 0.210. The maximum Gasteiger partial charge on any atom is 0.0595 e. The maximum absolute atomic E-state index is 9.16. The summed E-state index contributed by atoms with van der Waals surface area (Å²) in [6.07, 6.45) is 0. The first-order valence-electron chi connectivity index (χ1n) is 5.32. The fourth-order valence-electron chi connectivity index (χ4n) is 1.41. The fraction of sp³-hybridized carbons (Fsp3) is 0.500. The Balaban J connectivity index is 2.57. The van der Waals surface area contributed by atoms with Crippen molar-refractivity contribution in [2.45, 2.75) is 26.4 Å². The number of benzene rings is 1. The van der Waals surface area contributed by atoms with Crippen LogP contribution < -0.4 is 5.32 Å². The molecule has 0 bridgehead atoms. The van der Waals surface area contributed by atoms with E-state index >= 15 is 0 Å². The third kappa shape index (κ3) is 3.95. The Hall–Kier alpha value is -0.280. The minimum atomic E-state index is 0.106. The van der Waals surface area contributed by atoms with E-state index in [0.717, 1.165) is 5.56 Å². The molecule has 0 spiro atoms. The molecule has 2 nitrogen and oxygen atoms in total. The van der Waals surface area contributed by atoms with Crippen molar-refractivity contribution in [1.29, 1.82) is 0 Å². The van der Waals surface area contributed by atoms with Crippen LogP contribution in [0.3, 0.4) is 0 Å². The molecule has 1 aromatic rings. The molecule has 1 atom stereocenters. The number of hydrogen-bond donors (Lipinski definition) is 2. The van der Waals surface area contributed by atoms with Crippen LogP contribution >= 0.6 is 23.2 Å². The molecule has 0 fully saturated rings. The fourth-order valence-corrected chi connectivity index (χ4v) is 1.73. The summed E-state index contributed by atoms with van der Waals surface area (Å²) in [6, 6.07) is 5.65. The van der Waals surface area contributed by atoms with Crippen LogP contribution in [0.25, 0.3) is 0 Å². The van der Waals surface area contributed by atoms with Gasteiger partial charge in [-0.15, -0.1) is 0 Å². The molecule has 0 saturated carbocycles. The van der Waals surface area contributed by atoms with Crippen molar-refractivity contribution in [2.24, 2.45) is 5.92 Å². The molecule has 0 saturated heterocycles. The molecule has 0 aromatic heterocycles. The molecule has 0 amide bonds. The van der Waals surface area contributed by atoms with Crippen molar-refractivity contribution in [2.75, 3.05) is 6.61 Å². The van der Waals surface area contributed by atoms with Gasteiger partial charge in [-0.3, -0.25) is 0 Å². The molecule has 0 unspecified atom stereocenters. The highest BCUT2D eigenvalue weighted by atomic mass is 35.5. The first-order valence-corrected chi connectivity index (χ1v) is 6.08. The van der Waals surface area contributed by atoms with Crippen LogP contribution in [0.1, 0.15) is 19.4 Å². The minimum absolute atomic E-state index is 0.106. The number of hydrogen-bond acceptors (Lipinski definition) is 2. The maximum atomic E-state index is 9.16. The second-order valence-electron chi connectivity index (χ2n) is 4.16. The smallest absolute Gasteiger partial charge is 0.0595 e. The number of aliphatic hydroxyl groups excluding tert-OH is 1. The van der Waals surface area contributed by atoms with E-state index in [1.807, 2.05) is 12.1 Å². The molecule has 1 aromatic carbocycles. The summed E-state index contributed by atoms with van der Waals surface area (Å²) in [5.74, 6) is 0.396. The molecule has 2 N–H and O–H groups in total. The van der Waals surface area contributed by atoms with Gasteiger partial charge in [0.25, 0.3) is 0 Å². The topological polar surface area (TPSA) is 32.3 Å². The number of halogens is 2. The van der Waals surface area contributed by atoms with E-state index in [1.165, 1.54) is 0 Å². The standard InChI is InChI=1S/C12H17Cl2NO/c1-8(2)12(7-16)15-6-9-3-4-10(13)11(14)5-9/h3-5,8,12,15-16H,6-7H2,1-2H3/t12-/m1/s1. The Bertz CT molecular complexity index is 342. The third-order valence-corrected chi connectivity index (χ3v) is 3.29. The van der Waals surface area contributed by atoms with Crippen molar-refractivity contribution < 1.29 is 5.11 Å². The van der Waals surface area contributed by atoms with Crippen LogP contribution in [0.4, 0.5) is 0 Å². The first-order chi connectivity index (χ1) is 7.54. The average molecular weight is 262 g/mol. The Kier molecular flexibility index (Phi) is 5.56. The van der Waals surface area contributed by atoms with Crippen LogP contribution in [-0.2, 0) is 6.54 Å². The number of aliphatic hydroxyl groups is 1. The zero-order valence-corrected chi connectivity index (χ0v) is 11.0. The monoisotopic (exact) mass is 261 g/mol. The van der Waals surface area contributed by atoms with E-state index in [4.69, 9.17) is 28.3 Å². The zero-order chi connectivity index (χ0) is 12.1. The number of rotatable bonds is 5. The van der Waals surface area contributed by atoms with Gasteiger partial charge in [0.2, 0.25) is 0 Å². The lowest BCUT2D eigenvalue weighted by atomic mass is 10.1. The molecule has 16 heavy (non-hydrogen) atoms. The van der Waals surface area contributed by atoms with Gasteiger partial charge in [-0.05, 0) is 23.6 Å². The summed E-state index contributed by atoms with van der Waals surface area (Å²) in [5, 5.41) is 13.6. The van der Waals surface area contributed by atoms with Crippen LogP contribution in [0.5, 0.6) is 0 Å². The van der Waals surface area contributed by atoms with Gasteiger partial charge >= 0.3 is 0 Å². The Morgan fingerprint density at radius 1 is 1.25 bits per heavy atom. The third-order valence-electron chi connectivity index (χ3n) is 2.55. The highest BCUT2D eigenvalue weighted by Gasteiger charge is 2.11. The van der Waals surface area contributed by atoms with Crippen molar-refractivity contribution in [3.63, 3.8) is 0 Å². The second-order valence-corrected chi connectivity index (χ2v) is 4.98. The van der Waals surface area contributed by atoms with Gasteiger partial charge in [-0.25, -0.2) is 0 Å². The van der Waals surface area contributed by atoms with Gasteiger partial charge in [0, 0.05) is 12.6 Å². The van der Waals surface area contributed by atoms with E-state index in [9.17, 15) is 0 Å². The second kappa shape index (κ2) is 6.45. The van der Waals surface area contributed by atoms with Gasteiger partial charge in [-0.2, -0.15) is 0 Å². The summed E-state index contributed by atoms with van der Waals surface area (Å²) in [7, 11) is 0. The van der Waals surface area contributed by atoms with E-state index in [0.29, 0.717) is 22.5 Å². The molecule has 0 aliphatic heterocycles. The molecule has 0 radical (unpaired) electrons. The summed E-state index contributed by atoms with van der Waals surface area (Å²) < 4.78 is 0. The van der Waals surface area contributed by atoms with Crippen LogP contribution in [0.2, 0.25) is 10.0 Å². The van der Waals surface area contributed by atoms with Crippen molar-refractivity contribution in [3.05, 3.63) is 33.8 Å². The van der Waals surface area contributed by atoms with Crippen LogP contribution in [0.15, 0.2) is 18.2 Å². The molecule has 1 rings (SSSR count). The Morgan fingerprint density at radius 3 is 2.44 bits per heavy atom. The predicted octanol–water partition coefficient (Wildman–Crippen LogP) is 3.10. The predicted molar refractivity (Wildman–Crippen MR) is 69.0 cm³/mol. The first kappa shape index (κ1) is 13.8. The summed E-state index contributed by atoms with van der Waals surface area (Å²) in [4.78, 5) is 0. The van der Waals surface area contributed by atoms with Crippen molar-refractivity contribution in [3.8, 4) is 0 Å². The molecule has 0 aliphatic carbocycles. The molecule has 0 heterocycles. The average Bonchev–Trinajstić information content (AvgIpc) is 2.23. The SMILES string of the molecule is CC(C)[C@@H](CO)NCc1ccc(Cl)c(Cl)c1. The Morgan fingerprint density at radius 2 is 1.94 bits per heavy atom. The summed E-state index contributed by atoms with van der Waals surface area (Å²) in [6.45, 7) is 4.96. The molecular weight excluding hydrogens is 245 g/mol. The highest BCUT2D eigenvalue weighted by Crippen LogP contribution is 2.22. The molecule has 90 valence electrons. The normalized spacial score (nSPS) is 13.1. The molecule has 0 aliphatic rings. The quantitative estimate of drug-likeness (QED) is 0.854. The van der Waals surface area contributed by atoms with Gasteiger partial charge in [-0.1, -0.05) is 43.1 Å². The van der Waals surface area contributed by atoms with Crippen LogP contribution in [0, 0.1) is 5.92 Å². The van der Waals surface area contributed by atoms with E-state index in [2.05, 4.69) is 19.2 Å².